The van der Waals surface area contributed by atoms with Crippen LogP contribution in [0.25, 0.3) is 6.08 Å². The summed E-state index contributed by atoms with van der Waals surface area (Å²) in [6.07, 6.45) is 1.48. The van der Waals surface area contributed by atoms with Crippen LogP contribution in [-0.4, -0.2) is 14.3 Å². The van der Waals surface area contributed by atoms with Gasteiger partial charge in [-0.1, -0.05) is 36.4 Å². The maximum atomic E-state index is 13.4. The number of rotatable bonds is 7. The van der Waals surface area contributed by atoms with Crippen molar-refractivity contribution in [1.82, 2.24) is 5.32 Å². The molecule has 160 valence electrons. The quantitative estimate of drug-likeness (QED) is 0.548. The highest BCUT2D eigenvalue weighted by molar-refractivity contribution is 7.95. The molecule has 3 aromatic carbocycles. The third-order valence-electron chi connectivity index (χ3n) is 4.44. The van der Waals surface area contributed by atoms with Crippen molar-refractivity contribution in [2.24, 2.45) is 0 Å². The number of carbonyl (C=O) groups is 1. The second-order valence-electron chi connectivity index (χ2n) is 6.81. The van der Waals surface area contributed by atoms with E-state index in [1.54, 1.807) is 31.2 Å². The van der Waals surface area contributed by atoms with Gasteiger partial charge in [-0.2, -0.15) is 0 Å². The van der Waals surface area contributed by atoms with Gasteiger partial charge in [0.15, 0.2) is 11.6 Å². The number of carbonyl (C=O) groups excluding carboxylic acids is 1. The van der Waals surface area contributed by atoms with E-state index in [1.807, 2.05) is 6.07 Å². The second-order valence-corrected chi connectivity index (χ2v) is 8.37. The predicted octanol–water partition coefficient (Wildman–Crippen LogP) is 4.87. The van der Waals surface area contributed by atoms with Crippen LogP contribution in [0.5, 0.6) is 0 Å². The molecular formula is C23H20F2N2O3S. The number of benzene rings is 3. The zero-order valence-corrected chi connectivity index (χ0v) is 17.4. The van der Waals surface area contributed by atoms with Crippen LogP contribution < -0.4 is 10.0 Å². The van der Waals surface area contributed by atoms with Crippen LogP contribution in [0.2, 0.25) is 0 Å². The Hall–Kier alpha value is -3.52. The monoisotopic (exact) mass is 442 g/mol. The predicted molar refractivity (Wildman–Crippen MR) is 117 cm³/mol. The summed E-state index contributed by atoms with van der Waals surface area (Å²) in [5, 5.41) is 3.75. The van der Waals surface area contributed by atoms with Gasteiger partial charge in [-0.15, -0.1) is 0 Å². The average molecular weight is 442 g/mol. The van der Waals surface area contributed by atoms with E-state index in [4.69, 9.17) is 0 Å². The summed E-state index contributed by atoms with van der Waals surface area (Å²) in [6.45, 7) is 1.64. The number of anilines is 1. The van der Waals surface area contributed by atoms with E-state index in [0.29, 0.717) is 11.3 Å². The van der Waals surface area contributed by atoms with Crippen molar-refractivity contribution in [2.75, 3.05) is 4.72 Å². The van der Waals surface area contributed by atoms with Crippen molar-refractivity contribution in [3.8, 4) is 0 Å². The Morgan fingerprint density at radius 1 is 0.935 bits per heavy atom. The Morgan fingerprint density at radius 3 is 2.26 bits per heavy atom. The smallest absolute Gasteiger partial charge is 0.255 e. The Morgan fingerprint density at radius 2 is 1.61 bits per heavy atom. The molecule has 0 aliphatic rings. The van der Waals surface area contributed by atoms with Gasteiger partial charge in [0.25, 0.3) is 15.9 Å². The van der Waals surface area contributed by atoms with E-state index in [2.05, 4.69) is 10.0 Å². The Labute approximate surface area is 179 Å². The molecule has 0 aromatic heterocycles. The molecular weight excluding hydrogens is 422 g/mol. The number of hydrogen-bond acceptors (Lipinski definition) is 3. The molecule has 0 bridgehead atoms. The molecule has 0 fully saturated rings. The molecule has 0 heterocycles. The SMILES string of the molecule is CC(NC(=O)c1ccc(NS(=O)(=O)/C=C/c2ccccc2)cc1)c1ccc(F)c(F)c1. The molecule has 0 aliphatic carbocycles. The summed E-state index contributed by atoms with van der Waals surface area (Å²) >= 11 is 0. The zero-order valence-electron chi connectivity index (χ0n) is 16.5. The lowest BCUT2D eigenvalue weighted by Crippen LogP contribution is -2.26. The molecule has 3 aromatic rings. The molecule has 8 heteroatoms. The first-order valence-electron chi connectivity index (χ1n) is 9.35. The Kier molecular flexibility index (Phi) is 6.81. The lowest BCUT2D eigenvalue weighted by molar-refractivity contribution is 0.0940. The van der Waals surface area contributed by atoms with Crippen LogP contribution in [-0.2, 0) is 10.0 Å². The molecule has 5 nitrogen and oxygen atoms in total. The number of hydrogen-bond donors (Lipinski definition) is 2. The zero-order chi connectivity index (χ0) is 22.4. The third kappa shape index (κ3) is 6.23. The first-order valence-corrected chi connectivity index (χ1v) is 10.9. The molecule has 1 amide bonds. The van der Waals surface area contributed by atoms with E-state index < -0.39 is 33.6 Å². The first-order chi connectivity index (χ1) is 14.7. The van der Waals surface area contributed by atoms with Gasteiger partial charge in [0.2, 0.25) is 0 Å². The fourth-order valence-electron chi connectivity index (χ4n) is 2.77. The molecule has 1 unspecified atom stereocenters. The number of nitrogens with one attached hydrogen (secondary N) is 2. The van der Waals surface area contributed by atoms with Crippen LogP contribution >= 0.6 is 0 Å². The molecule has 0 saturated heterocycles. The lowest BCUT2D eigenvalue weighted by Gasteiger charge is -2.15. The molecule has 3 rings (SSSR count). The molecule has 0 spiro atoms. The van der Waals surface area contributed by atoms with E-state index in [0.717, 1.165) is 23.1 Å². The fraction of sp³-hybridized carbons (Fsp3) is 0.0870. The summed E-state index contributed by atoms with van der Waals surface area (Å²) in [7, 11) is -3.73. The Bertz CT molecular complexity index is 1200. The van der Waals surface area contributed by atoms with Gasteiger partial charge in [-0.3, -0.25) is 9.52 Å². The van der Waals surface area contributed by atoms with Crippen molar-refractivity contribution in [3.63, 3.8) is 0 Å². The molecule has 2 N–H and O–H groups in total. The van der Waals surface area contributed by atoms with Gasteiger partial charge in [0.05, 0.1) is 11.4 Å². The van der Waals surface area contributed by atoms with E-state index in [9.17, 15) is 22.0 Å². The molecule has 0 saturated carbocycles. The van der Waals surface area contributed by atoms with Gasteiger partial charge >= 0.3 is 0 Å². The van der Waals surface area contributed by atoms with Crippen LogP contribution in [0, 0.1) is 11.6 Å². The van der Waals surface area contributed by atoms with Crippen LogP contribution in [0.1, 0.15) is 34.5 Å². The van der Waals surface area contributed by atoms with E-state index >= 15 is 0 Å². The first kappa shape index (κ1) is 22.2. The van der Waals surface area contributed by atoms with Gasteiger partial charge in [-0.05, 0) is 60.5 Å². The maximum Gasteiger partial charge on any atom is 0.255 e. The summed E-state index contributed by atoms with van der Waals surface area (Å²) in [5.74, 6) is -2.38. The highest BCUT2D eigenvalue weighted by Crippen LogP contribution is 2.18. The minimum absolute atomic E-state index is 0.289. The number of halogens is 2. The largest absolute Gasteiger partial charge is 0.346 e. The van der Waals surface area contributed by atoms with Crippen molar-refractivity contribution < 1.29 is 22.0 Å². The lowest BCUT2D eigenvalue weighted by atomic mass is 10.1. The van der Waals surface area contributed by atoms with E-state index in [1.165, 1.54) is 36.4 Å². The summed E-state index contributed by atoms with van der Waals surface area (Å²) in [4.78, 5) is 12.4. The second kappa shape index (κ2) is 9.53. The van der Waals surface area contributed by atoms with Crippen LogP contribution in [0.3, 0.4) is 0 Å². The van der Waals surface area contributed by atoms with Crippen molar-refractivity contribution in [2.45, 2.75) is 13.0 Å². The fourth-order valence-corrected chi connectivity index (χ4v) is 3.63. The van der Waals surface area contributed by atoms with Crippen LogP contribution in [0.4, 0.5) is 14.5 Å². The number of amides is 1. The standard InChI is InChI=1S/C23H20F2N2O3S/c1-16(19-9-12-21(24)22(25)15-19)26-23(28)18-7-10-20(11-8-18)27-31(29,30)14-13-17-5-3-2-4-6-17/h2-16,27H,1H3,(H,26,28)/b14-13+. The van der Waals surface area contributed by atoms with Gasteiger partial charge < -0.3 is 5.32 Å². The van der Waals surface area contributed by atoms with Crippen molar-refractivity contribution in [1.29, 1.82) is 0 Å². The van der Waals surface area contributed by atoms with Crippen LogP contribution in [0.15, 0.2) is 78.2 Å². The summed E-state index contributed by atoms with van der Waals surface area (Å²) < 4.78 is 53.3. The highest BCUT2D eigenvalue weighted by atomic mass is 32.2. The normalized spacial score (nSPS) is 12.5. The highest BCUT2D eigenvalue weighted by Gasteiger charge is 2.14. The van der Waals surface area contributed by atoms with Gasteiger partial charge in [0, 0.05) is 11.3 Å². The summed E-state index contributed by atoms with van der Waals surface area (Å²) in [6, 6.07) is 17.7. The maximum absolute atomic E-state index is 13.4. The molecule has 0 aliphatic heterocycles. The molecule has 31 heavy (non-hydrogen) atoms. The van der Waals surface area contributed by atoms with Gasteiger partial charge in [-0.25, -0.2) is 17.2 Å². The minimum Gasteiger partial charge on any atom is -0.346 e. The topological polar surface area (TPSA) is 75.3 Å². The summed E-state index contributed by atoms with van der Waals surface area (Å²) in [5.41, 5.74) is 1.75. The average Bonchev–Trinajstić information content (AvgIpc) is 2.75. The third-order valence-corrected chi connectivity index (χ3v) is 5.45. The van der Waals surface area contributed by atoms with Crippen molar-refractivity contribution in [3.05, 3.63) is 107 Å². The molecule has 1 atom stereocenters. The van der Waals surface area contributed by atoms with Crippen molar-refractivity contribution >= 4 is 27.7 Å². The minimum atomic E-state index is -3.73. The number of sulfonamides is 1. The molecule has 0 radical (unpaired) electrons. The van der Waals surface area contributed by atoms with Gasteiger partial charge in [0.1, 0.15) is 0 Å². The Balaban J connectivity index is 1.63. The van der Waals surface area contributed by atoms with E-state index in [-0.39, 0.29) is 5.56 Å².